The highest BCUT2D eigenvalue weighted by Crippen LogP contribution is 2.18. The smallest absolute Gasteiger partial charge is 0.211 e. The Morgan fingerprint density at radius 3 is 2.39 bits per heavy atom. The molecule has 0 saturated carbocycles. The van der Waals surface area contributed by atoms with Crippen LogP contribution in [0.15, 0.2) is 4.99 Å². The van der Waals surface area contributed by atoms with Gasteiger partial charge in [-0.05, 0) is 31.6 Å². The fourth-order valence-electron chi connectivity index (χ4n) is 2.92. The topological polar surface area (TPSA) is 83.0 Å². The number of sulfonamides is 1. The summed E-state index contributed by atoms with van der Waals surface area (Å²) in [5, 5.41) is 6.62. The zero-order valence-electron chi connectivity index (χ0n) is 14.0. The Labute approximate surface area is 156 Å². The Kier molecular flexibility index (Phi) is 9.09. The average molecular weight is 460 g/mol. The van der Waals surface area contributed by atoms with Gasteiger partial charge in [0.1, 0.15) is 0 Å². The molecule has 0 aliphatic carbocycles. The summed E-state index contributed by atoms with van der Waals surface area (Å²) < 4.78 is 30.1. The SMILES string of the molecule is CN=C(NCC1CCN(S(C)(=O)=O)CC1)NCC1CCCO1.I. The first-order chi connectivity index (χ1) is 10.5. The highest BCUT2D eigenvalue weighted by molar-refractivity contribution is 14.0. The highest BCUT2D eigenvalue weighted by atomic mass is 127. The number of nitrogens with one attached hydrogen (secondary N) is 2. The predicted octanol–water partition coefficient (Wildman–Crippen LogP) is 0.620. The molecule has 2 heterocycles. The molecule has 2 rings (SSSR count). The first kappa shape index (κ1) is 20.9. The summed E-state index contributed by atoms with van der Waals surface area (Å²) in [6, 6.07) is 0. The van der Waals surface area contributed by atoms with Crippen LogP contribution in [0.25, 0.3) is 0 Å². The normalized spacial score (nSPS) is 24.3. The van der Waals surface area contributed by atoms with Gasteiger partial charge in [0.25, 0.3) is 0 Å². The van der Waals surface area contributed by atoms with Crippen molar-refractivity contribution in [3.63, 3.8) is 0 Å². The summed E-state index contributed by atoms with van der Waals surface area (Å²) in [6.45, 7) is 3.70. The average Bonchev–Trinajstić information content (AvgIpc) is 3.00. The molecule has 0 aromatic heterocycles. The predicted molar refractivity (Wildman–Crippen MR) is 103 cm³/mol. The van der Waals surface area contributed by atoms with E-state index in [1.807, 2.05) is 0 Å². The van der Waals surface area contributed by atoms with Crippen LogP contribution >= 0.6 is 24.0 Å². The third-order valence-corrected chi connectivity index (χ3v) is 5.65. The molecule has 2 N–H and O–H groups in total. The van der Waals surface area contributed by atoms with E-state index in [2.05, 4.69) is 15.6 Å². The van der Waals surface area contributed by atoms with Crippen molar-refractivity contribution in [1.29, 1.82) is 0 Å². The molecule has 136 valence electrons. The number of nitrogens with zero attached hydrogens (tertiary/aromatic N) is 2. The monoisotopic (exact) mass is 460 g/mol. The molecule has 9 heteroatoms. The minimum absolute atomic E-state index is 0. The molecule has 0 aromatic carbocycles. The number of hydrogen-bond donors (Lipinski definition) is 2. The largest absolute Gasteiger partial charge is 0.376 e. The maximum Gasteiger partial charge on any atom is 0.211 e. The van der Waals surface area contributed by atoms with Crippen LogP contribution in [0.4, 0.5) is 0 Å². The van der Waals surface area contributed by atoms with Gasteiger partial charge in [-0.25, -0.2) is 12.7 Å². The molecular formula is C14H29IN4O3S. The van der Waals surface area contributed by atoms with Crippen LogP contribution in [0.3, 0.4) is 0 Å². The number of hydrogen-bond acceptors (Lipinski definition) is 4. The number of piperidine rings is 1. The van der Waals surface area contributed by atoms with Crippen molar-refractivity contribution < 1.29 is 13.2 Å². The van der Waals surface area contributed by atoms with Gasteiger partial charge in [0, 0.05) is 39.8 Å². The fraction of sp³-hybridized carbons (Fsp3) is 0.929. The van der Waals surface area contributed by atoms with E-state index in [-0.39, 0.29) is 30.1 Å². The van der Waals surface area contributed by atoms with Gasteiger partial charge in [-0.1, -0.05) is 0 Å². The van der Waals surface area contributed by atoms with Gasteiger partial charge in [0.05, 0.1) is 12.4 Å². The van der Waals surface area contributed by atoms with Crippen molar-refractivity contribution >= 4 is 40.0 Å². The Morgan fingerprint density at radius 2 is 1.87 bits per heavy atom. The number of halogens is 1. The van der Waals surface area contributed by atoms with E-state index in [0.29, 0.717) is 19.0 Å². The molecule has 0 amide bonds. The molecule has 23 heavy (non-hydrogen) atoms. The first-order valence-electron chi connectivity index (χ1n) is 8.00. The molecule has 1 unspecified atom stereocenters. The zero-order chi connectivity index (χ0) is 16.0. The minimum atomic E-state index is -3.04. The minimum Gasteiger partial charge on any atom is -0.376 e. The molecule has 2 aliphatic heterocycles. The Balaban J connectivity index is 0.00000264. The summed E-state index contributed by atoms with van der Waals surface area (Å²) in [5.74, 6) is 1.28. The maximum absolute atomic E-state index is 11.5. The second-order valence-electron chi connectivity index (χ2n) is 6.07. The van der Waals surface area contributed by atoms with E-state index in [4.69, 9.17) is 4.74 Å². The van der Waals surface area contributed by atoms with Crippen molar-refractivity contribution in [3.8, 4) is 0 Å². The molecule has 0 aromatic rings. The lowest BCUT2D eigenvalue weighted by Gasteiger charge is -2.30. The van der Waals surface area contributed by atoms with Crippen LogP contribution in [-0.2, 0) is 14.8 Å². The van der Waals surface area contributed by atoms with Crippen LogP contribution in [0.5, 0.6) is 0 Å². The maximum atomic E-state index is 11.5. The molecule has 0 spiro atoms. The van der Waals surface area contributed by atoms with Crippen molar-refractivity contribution in [3.05, 3.63) is 0 Å². The van der Waals surface area contributed by atoms with Crippen molar-refractivity contribution in [2.45, 2.75) is 31.8 Å². The van der Waals surface area contributed by atoms with Gasteiger partial charge < -0.3 is 15.4 Å². The number of ether oxygens (including phenoxy) is 1. The summed E-state index contributed by atoms with van der Waals surface area (Å²) in [6.07, 6.45) is 5.59. The molecule has 2 saturated heterocycles. The lowest BCUT2D eigenvalue weighted by Crippen LogP contribution is -2.45. The summed E-state index contributed by atoms with van der Waals surface area (Å²) in [7, 11) is -1.28. The Hall–Kier alpha value is -0.130. The van der Waals surface area contributed by atoms with Gasteiger partial charge in [-0.2, -0.15) is 0 Å². The summed E-state index contributed by atoms with van der Waals surface area (Å²) in [4.78, 5) is 4.22. The second-order valence-corrected chi connectivity index (χ2v) is 8.06. The van der Waals surface area contributed by atoms with Crippen molar-refractivity contribution in [1.82, 2.24) is 14.9 Å². The Bertz CT molecular complexity index is 472. The lowest BCUT2D eigenvalue weighted by atomic mass is 9.98. The van der Waals surface area contributed by atoms with E-state index in [1.54, 1.807) is 11.4 Å². The van der Waals surface area contributed by atoms with Crippen molar-refractivity contribution in [2.75, 3.05) is 46.1 Å². The van der Waals surface area contributed by atoms with Gasteiger partial charge in [0.2, 0.25) is 10.0 Å². The standard InChI is InChI=1S/C14H28N4O3S.HI/c1-15-14(17-11-13-4-3-9-21-13)16-10-12-5-7-18(8-6-12)22(2,19)20;/h12-13H,3-11H2,1-2H3,(H2,15,16,17);1H. The van der Waals surface area contributed by atoms with Gasteiger partial charge >= 0.3 is 0 Å². The molecule has 0 bridgehead atoms. The van der Waals surface area contributed by atoms with Gasteiger partial charge in [0.15, 0.2) is 5.96 Å². The van der Waals surface area contributed by atoms with E-state index < -0.39 is 10.0 Å². The fourth-order valence-corrected chi connectivity index (χ4v) is 3.80. The second kappa shape index (κ2) is 10.00. The van der Waals surface area contributed by atoms with E-state index in [9.17, 15) is 8.42 Å². The zero-order valence-corrected chi connectivity index (χ0v) is 17.1. The van der Waals surface area contributed by atoms with E-state index in [0.717, 1.165) is 51.3 Å². The third kappa shape index (κ3) is 7.10. The Morgan fingerprint density at radius 1 is 1.22 bits per heavy atom. The van der Waals surface area contributed by atoms with E-state index >= 15 is 0 Å². The number of guanidine groups is 1. The van der Waals surface area contributed by atoms with Gasteiger partial charge in [-0.15, -0.1) is 24.0 Å². The first-order valence-corrected chi connectivity index (χ1v) is 9.85. The summed E-state index contributed by atoms with van der Waals surface area (Å²) >= 11 is 0. The number of aliphatic imine (C=N–C) groups is 1. The van der Waals surface area contributed by atoms with Crippen LogP contribution in [-0.4, -0.2) is 70.9 Å². The number of rotatable bonds is 5. The van der Waals surface area contributed by atoms with E-state index in [1.165, 1.54) is 6.26 Å². The van der Waals surface area contributed by atoms with Crippen LogP contribution in [0.2, 0.25) is 0 Å². The molecule has 1 atom stereocenters. The quantitative estimate of drug-likeness (QED) is 0.357. The molecule has 2 aliphatic rings. The highest BCUT2D eigenvalue weighted by Gasteiger charge is 2.25. The van der Waals surface area contributed by atoms with Crippen LogP contribution in [0, 0.1) is 5.92 Å². The molecule has 2 fully saturated rings. The molecule has 0 radical (unpaired) electrons. The lowest BCUT2D eigenvalue weighted by molar-refractivity contribution is 0.113. The van der Waals surface area contributed by atoms with Crippen LogP contribution < -0.4 is 10.6 Å². The summed E-state index contributed by atoms with van der Waals surface area (Å²) in [5.41, 5.74) is 0. The third-order valence-electron chi connectivity index (χ3n) is 4.35. The van der Waals surface area contributed by atoms with Gasteiger partial charge in [-0.3, -0.25) is 4.99 Å². The molecular weight excluding hydrogens is 431 g/mol. The van der Waals surface area contributed by atoms with Crippen molar-refractivity contribution in [2.24, 2.45) is 10.9 Å². The van der Waals surface area contributed by atoms with Crippen LogP contribution in [0.1, 0.15) is 25.7 Å². The molecule has 7 nitrogen and oxygen atoms in total.